The van der Waals surface area contributed by atoms with Gasteiger partial charge in [-0.25, -0.2) is 4.98 Å². The predicted octanol–water partition coefficient (Wildman–Crippen LogP) is 0.995. The molecule has 2 heterocycles. The molecule has 0 bridgehead atoms. The van der Waals surface area contributed by atoms with Crippen LogP contribution >= 0.6 is 11.3 Å². The molecule has 4 nitrogen and oxygen atoms in total. The summed E-state index contributed by atoms with van der Waals surface area (Å²) in [5.74, 6) is 0. The third-order valence-corrected chi connectivity index (χ3v) is 3.61. The predicted molar refractivity (Wildman–Crippen MR) is 59.1 cm³/mol. The second-order valence-corrected chi connectivity index (χ2v) is 4.54. The molecule has 0 amide bonds. The maximum atomic E-state index is 5.48. The van der Waals surface area contributed by atoms with Crippen molar-refractivity contribution in [3.8, 4) is 0 Å². The number of methoxy groups -OCH3 is 1. The van der Waals surface area contributed by atoms with Crippen LogP contribution in [0.1, 0.15) is 11.4 Å². The largest absolute Gasteiger partial charge is 0.383 e. The van der Waals surface area contributed by atoms with E-state index in [1.807, 2.05) is 11.6 Å². The van der Waals surface area contributed by atoms with Gasteiger partial charge in [0.1, 0.15) is 5.01 Å². The van der Waals surface area contributed by atoms with Crippen LogP contribution in [-0.4, -0.2) is 38.5 Å². The van der Waals surface area contributed by atoms with Gasteiger partial charge >= 0.3 is 0 Å². The number of nitrogens with one attached hydrogen (secondary N) is 1. The molecule has 0 aromatic carbocycles. The fourth-order valence-corrected chi connectivity index (χ4v) is 2.63. The van der Waals surface area contributed by atoms with Crippen molar-refractivity contribution >= 4 is 11.3 Å². The topological polar surface area (TPSA) is 43.4 Å². The molecule has 5 heteroatoms. The van der Waals surface area contributed by atoms with Gasteiger partial charge in [-0.2, -0.15) is 0 Å². The van der Waals surface area contributed by atoms with E-state index < -0.39 is 0 Å². The monoisotopic (exact) mass is 228 g/mol. The van der Waals surface area contributed by atoms with Crippen molar-refractivity contribution < 1.29 is 9.47 Å². The lowest BCUT2D eigenvalue weighted by atomic mass is 10.00. The first-order valence-corrected chi connectivity index (χ1v) is 5.97. The third kappa shape index (κ3) is 2.36. The smallest absolute Gasteiger partial charge is 0.115 e. The van der Waals surface area contributed by atoms with Crippen molar-refractivity contribution in [3.63, 3.8) is 0 Å². The maximum absolute atomic E-state index is 5.48. The molecule has 0 aliphatic carbocycles. The Hall–Kier alpha value is -0.490. The summed E-state index contributed by atoms with van der Waals surface area (Å²) in [5.41, 5.74) is -0.0767. The summed E-state index contributed by atoms with van der Waals surface area (Å²) >= 11 is 1.68. The van der Waals surface area contributed by atoms with E-state index in [9.17, 15) is 0 Å². The number of nitrogens with zero attached hydrogens (tertiary/aromatic N) is 1. The number of thiazole rings is 1. The van der Waals surface area contributed by atoms with Crippen LogP contribution in [0.4, 0.5) is 0 Å². The summed E-state index contributed by atoms with van der Waals surface area (Å²) in [6.07, 6.45) is 2.84. The lowest BCUT2D eigenvalue weighted by Gasteiger charge is -2.26. The van der Waals surface area contributed by atoms with Crippen LogP contribution < -0.4 is 5.32 Å². The molecular formula is C10H16N2O2S. The van der Waals surface area contributed by atoms with Crippen LogP contribution in [0.5, 0.6) is 0 Å². The Morgan fingerprint density at radius 1 is 1.73 bits per heavy atom. The Morgan fingerprint density at radius 2 is 2.67 bits per heavy atom. The summed E-state index contributed by atoms with van der Waals surface area (Å²) in [5, 5.41) is 6.63. The minimum absolute atomic E-state index is 0.0767. The maximum Gasteiger partial charge on any atom is 0.115 e. The zero-order valence-corrected chi connectivity index (χ0v) is 9.68. The Morgan fingerprint density at radius 3 is 3.27 bits per heavy atom. The molecule has 1 unspecified atom stereocenters. The summed E-state index contributed by atoms with van der Waals surface area (Å²) in [6.45, 7) is 3.07. The number of ether oxygens (including phenoxy) is 2. The van der Waals surface area contributed by atoms with E-state index in [0.717, 1.165) is 24.6 Å². The summed E-state index contributed by atoms with van der Waals surface area (Å²) < 4.78 is 10.5. The van der Waals surface area contributed by atoms with Crippen LogP contribution in [0.15, 0.2) is 11.6 Å². The second kappa shape index (κ2) is 5.03. The Bertz CT molecular complexity index is 284. The molecule has 15 heavy (non-hydrogen) atoms. The highest BCUT2D eigenvalue weighted by Gasteiger charge is 2.38. The Kier molecular flexibility index (Phi) is 3.69. The highest BCUT2D eigenvalue weighted by molar-refractivity contribution is 7.09. The number of rotatable bonds is 5. The average Bonchev–Trinajstić information content (AvgIpc) is 2.89. The van der Waals surface area contributed by atoms with E-state index >= 15 is 0 Å². The van der Waals surface area contributed by atoms with Crippen molar-refractivity contribution in [2.45, 2.75) is 12.0 Å². The van der Waals surface area contributed by atoms with Crippen LogP contribution in [0.3, 0.4) is 0 Å². The van der Waals surface area contributed by atoms with Crippen molar-refractivity contribution in [1.29, 1.82) is 0 Å². The van der Waals surface area contributed by atoms with Gasteiger partial charge in [0.2, 0.25) is 0 Å². The fourth-order valence-electron chi connectivity index (χ4n) is 1.80. The first kappa shape index (κ1) is 11.0. The van der Waals surface area contributed by atoms with E-state index in [2.05, 4.69) is 10.3 Å². The van der Waals surface area contributed by atoms with Crippen molar-refractivity contribution in [1.82, 2.24) is 10.3 Å². The molecule has 1 aliphatic rings. The summed E-state index contributed by atoms with van der Waals surface area (Å²) in [6, 6.07) is 0. The number of hydrogen-bond acceptors (Lipinski definition) is 5. The van der Waals surface area contributed by atoms with Crippen molar-refractivity contribution in [2.24, 2.45) is 0 Å². The van der Waals surface area contributed by atoms with Gasteiger partial charge < -0.3 is 14.8 Å². The Balaban J connectivity index is 2.04. The molecule has 1 N–H and O–H groups in total. The van der Waals surface area contributed by atoms with Crippen LogP contribution in [0.25, 0.3) is 0 Å². The molecule has 84 valence electrons. The first-order valence-electron chi connectivity index (χ1n) is 5.09. The lowest BCUT2D eigenvalue weighted by molar-refractivity contribution is 0.152. The molecule has 1 saturated heterocycles. The zero-order chi connectivity index (χ0) is 10.6. The van der Waals surface area contributed by atoms with E-state index in [1.54, 1.807) is 18.4 Å². The number of aromatic nitrogens is 1. The van der Waals surface area contributed by atoms with E-state index in [-0.39, 0.29) is 5.54 Å². The molecule has 2 rings (SSSR count). The van der Waals surface area contributed by atoms with Crippen molar-refractivity contribution in [2.75, 3.05) is 33.5 Å². The minimum atomic E-state index is -0.0767. The molecule has 0 spiro atoms. The molecule has 1 aromatic rings. The highest BCUT2D eigenvalue weighted by Crippen LogP contribution is 2.31. The summed E-state index contributed by atoms with van der Waals surface area (Å²) in [4.78, 5) is 4.38. The normalized spacial score (nSPS) is 25.9. The van der Waals surface area contributed by atoms with Gasteiger partial charge in [-0.3, -0.25) is 0 Å². The van der Waals surface area contributed by atoms with Gasteiger partial charge in [-0.15, -0.1) is 11.3 Å². The standard InChI is InChI=1S/C10H16N2O2S/c1-13-6-3-12-10(2-5-14-8-10)9-11-4-7-15-9/h4,7,12H,2-3,5-6,8H2,1H3. The van der Waals surface area contributed by atoms with E-state index in [1.165, 1.54) is 0 Å². The third-order valence-electron chi connectivity index (χ3n) is 2.63. The van der Waals surface area contributed by atoms with E-state index in [0.29, 0.717) is 13.2 Å². The molecule has 0 radical (unpaired) electrons. The van der Waals surface area contributed by atoms with Gasteiger partial charge in [0, 0.05) is 31.8 Å². The van der Waals surface area contributed by atoms with Crippen LogP contribution in [0, 0.1) is 0 Å². The highest BCUT2D eigenvalue weighted by atomic mass is 32.1. The summed E-state index contributed by atoms with van der Waals surface area (Å²) in [7, 11) is 1.71. The van der Waals surface area contributed by atoms with Gasteiger partial charge in [-0.05, 0) is 6.42 Å². The van der Waals surface area contributed by atoms with Gasteiger partial charge in [0.05, 0.1) is 18.8 Å². The van der Waals surface area contributed by atoms with Gasteiger partial charge in [-0.1, -0.05) is 0 Å². The second-order valence-electron chi connectivity index (χ2n) is 3.64. The van der Waals surface area contributed by atoms with Gasteiger partial charge in [0.25, 0.3) is 0 Å². The van der Waals surface area contributed by atoms with Gasteiger partial charge in [0.15, 0.2) is 0 Å². The SMILES string of the molecule is COCCNC1(c2nccs2)CCOC1. The van der Waals surface area contributed by atoms with Crippen LogP contribution in [0.2, 0.25) is 0 Å². The molecule has 1 atom stereocenters. The van der Waals surface area contributed by atoms with Crippen molar-refractivity contribution in [3.05, 3.63) is 16.6 Å². The molecular weight excluding hydrogens is 212 g/mol. The quantitative estimate of drug-likeness (QED) is 0.763. The fraction of sp³-hybridized carbons (Fsp3) is 0.700. The Labute approximate surface area is 93.6 Å². The first-order chi connectivity index (χ1) is 7.37. The lowest BCUT2D eigenvalue weighted by Crippen LogP contribution is -2.44. The minimum Gasteiger partial charge on any atom is -0.383 e. The molecule has 1 aliphatic heterocycles. The van der Waals surface area contributed by atoms with Crippen LogP contribution in [-0.2, 0) is 15.0 Å². The molecule has 0 saturated carbocycles. The number of hydrogen-bond donors (Lipinski definition) is 1. The van der Waals surface area contributed by atoms with E-state index in [4.69, 9.17) is 9.47 Å². The zero-order valence-electron chi connectivity index (χ0n) is 8.86. The molecule has 1 aromatic heterocycles. The average molecular weight is 228 g/mol. The molecule has 1 fully saturated rings.